The lowest BCUT2D eigenvalue weighted by Crippen LogP contribution is -2.32. The highest BCUT2D eigenvalue weighted by atomic mass is 16.1. The summed E-state index contributed by atoms with van der Waals surface area (Å²) < 4.78 is 0. The van der Waals surface area contributed by atoms with Crippen LogP contribution in [0.4, 0.5) is 0 Å². The van der Waals surface area contributed by atoms with Gasteiger partial charge in [-0.1, -0.05) is 12.1 Å². The summed E-state index contributed by atoms with van der Waals surface area (Å²) in [5.41, 5.74) is 1.62. The van der Waals surface area contributed by atoms with E-state index in [1.165, 1.54) is 0 Å². The van der Waals surface area contributed by atoms with Crippen LogP contribution < -0.4 is 5.32 Å². The number of likely N-dealkylation sites (N-methyl/N-ethyl adjacent to an activating group) is 1. The van der Waals surface area contributed by atoms with E-state index in [0.717, 1.165) is 5.56 Å². The first-order chi connectivity index (χ1) is 7.61. The first-order valence-corrected chi connectivity index (χ1v) is 5.02. The van der Waals surface area contributed by atoms with Crippen LogP contribution in [-0.4, -0.2) is 31.4 Å². The second-order valence-electron chi connectivity index (χ2n) is 3.82. The molecule has 0 fully saturated rings. The van der Waals surface area contributed by atoms with Crippen molar-refractivity contribution in [1.29, 1.82) is 5.26 Å². The first kappa shape index (κ1) is 12.2. The molecule has 0 heterocycles. The minimum absolute atomic E-state index is 0.00522. The van der Waals surface area contributed by atoms with Crippen LogP contribution in [-0.2, 0) is 11.3 Å². The van der Waals surface area contributed by atoms with Crippen molar-refractivity contribution < 1.29 is 4.79 Å². The number of carbonyl (C=O) groups excluding carboxylic acids is 1. The van der Waals surface area contributed by atoms with Crippen LogP contribution in [0.3, 0.4) is 0 Å². The van der Waals surface area contributed by atoms with E-state index < -0.39 is 0 Å². The molecule has 1 rings (SSSR count). The van der Waals surface area contributed by atoms with E-state index in [-0.39, 0.29) is 5.91 Å². The molecule has 0 aliphatic heterocycles. The van der Waals surface area contributed by atoms with Crippen LogP contribution in [0.25, 0.3) is 0 Å². The number of hydrogen-bond donors (Lipinski definition) is 1. The normalized spacial score (nSPS) is 9.88. The lowest BCUT2D eigenvalue weighted by molar-refractivity contribution is -0.121. The highest BCUT2D eigenvalue weighted by Crippen LogP contribution is 2.02. The Bertz CT molecular complexity index is 390. The zero-order chi connectivity index (χ0) is 12.0. The third-order valence-corrected chi connectivity index (χ3v) is 2.03. The van der Waals surface area contributed by atoms with Crippen molar-refractivity contribution in [2.24, 2.45) is 0 Å². The van der Waals surface area contributed by atoms with Crippen molar-refractivity contribution in [2.45, 2.75) is 6.54 Å². The monoisotopic (exact) mass is 217 g/mol. The van der Waals surface area contributed by atoms with E-state index in [1.54, 1.807) is 12.1 Å². The molecule has 0 aliphatic carbocycles. The quantitative estimate of drug-likeness (QED) is 0.809. The molecule has 0 unspecified atom stereocenters. The smallest absolute Gasteiger partial charge is 0.234 e. The van der Waals surface area contributed by atoms with Gasteiger partial charge in [0.2, 0.25) is 5.91 Å². The van der Waals surface area contributed by atoms with Gasteiger partial charge in [0.15, 0.2) is 0 Å². The molecular weight excluding hydrogens is 202 g/mol. The molecule has 0 saturated heterocycles. The number of nitrogens with zero attached hydrogens (tertiary/aromatic N) is 2. The fourth-order valence-corrected chi connectivity index (χ4v) is 1.24. The molecule has 16 heavy (non-hydrogen) atoms. The number of nitriles is 1. The lowest BCUT2D eigenvalue weighted by atomic mass is 10.1. The topological polar surface area (TPSA) is 56.1 Å². The Kier molecular flexibility index (Phi) is 4.49. The zero-order valence-electron chi connectivity index (χ0n) is 9.53. The van der Waals surface area contributed by atoms with Gasteiger partial charge in [-0.2, -0.15) is 5.26 Å². The van der Waals surface area contributed by atoms with Crippen molar-refractivity contribution in [2.75, 3.05) is 20.6 Å². The van der Waals surface area contributed by atoms with Gasteiger partial charge >= 0.3 is 0 Å². The number of hydrogen-bond acceptors (Lipinski definition) is 3. The Balaban J connectivity index is 2.43. The number of nitrogens with one attached hydrogen (secondary N) is 1. The van der Waals surface area contributed by atoms with Crippen LogP contribution in [0.1, 0.15) is 11.1 Å². The summed E-state index contributed by atoms with van der Waals surface area (Å²) in [6, 6.07) is 9.22. The molecule has 1 amide bonds. The van der Waals surface area contributed by atoms with Crippen LogP contribution in [0.2, 0.25) is 0 Å². The second kappa shape index (κ2) is 5.89. The zero-order valence-corrected chi connectivity index (χ0v) is 9.53. The number of amides is 1. The van der Waals surface area contributed by atoms with E-state index in [4.69, 9.17) is 5.26 Å². The molecule has 0 spiro atoms. The summed E-state index contributed by atoms with van der Waals surface area (Å²) in [5.74, 6) is -0.00522. The summed E-state index contributed by atoms with van der Waals surface area (Å²) in [6.45, 7) is 0.884. The predicted molar refractivity (Wildman–Crippen MR) is 61.6 cm³/mol. The molecular formula is C12H15N3O. The van der Waals surface area contributed by atoms with Gasteiger partial charge in [-0.3, -0.25) is 4.79 Å². The highest BCUT2D eigenvalue weighted by molar-refractivity contribution is 5.77. The molecule has 0 bridgehead atoms. The number of carbonyl (C=O) groups is 1. The van der Waals surface area contributed by atoms with Crippen LogP contribution >= 0.6 is 0 Å². The number of benzene rings is 1. The van der Waals surface area contributed by atoms with E-state index in [9.17, 15) is 4.79 Å². The molecule has 1 aromatic rings. The largest absolute Gasteiger partial charge is 0.351 e. The summed E-state index contributed by atoms with van der Waals surface area (Å²) in [5, 5.41) is 11.4. The van der Waals surface area contributed by atoms with Gasteiger partial charge in [-0.25, -0.2) is 0 Å². The molecule has 0 aliphatic rings. The molecule has 0 saturated carbocycles. The Morgan fingerprint density at radius 3 is 2.50 bits per heavy atom. The van der Waals surface area contributed by atoms with Crippen molar-refractivity contribution in [3.8, 4) is 6.07 Å². The van der Waals surface area contributed by atoms with Gasteiger partial charge in [-0.05, 0) is 31.8 Å². The van der Waals surface area contributed by atoms with E-state index in [2.05, 4.69) is 11.4 Å². The Morgan fingerprint density at radius 1 is 1.38 bits per heavy atom. The van der Waals surface area contributed by atoms with Crippen molar-refractivity contribution in [3.63, 3.8) is 0 Å². The molecule has 1 aromatic carbocycles. The molecule has 84 valence electrons. The van der Waals surface area contributed by atoms with Crippen molar-refractivity contribution in [3.05, 3.63) is 35.4 Å². The molecule has 1 N–H and O–H groups in total. The van der Waals surface area contributed by atoms with Crippen molar-refractivity contribution in [1.82, 2.24) is 10.2 Å². The first-order valence-electron chi connectivity index (χ1n) is 5.02. The third kappa shape index (κ3) is 4.11. The minimum atomic E-state index is -0.00522. The SMILES string of the molecule is CN(C)CC(=O)NCc1ccc(C#N)cc1. The Labute approximate surface area is 95.5 Å². The van der Waals surface area contributed by atoms with Gasteiger partial charge in [0.1, 0.15) is 0 Å². The van der Waals surface area contributed by atoms with Crippen LogP contribution in [0, 0.1) is 11.3 Å². The van der Waals surface area contributed by atoms with Crippen LogP contribution in [0.5, 0.6) is 0 Å². The maximum Gasteiger partial charge on any atom is 0.234 e. The Hall–Kier alpha value is -1.86. The van der Waals surface area contributed by atoms with E-state index in [0.29, 0.717) is 18.7 Å². The van der Waals surface area contributed by atoms with E-state index >= 15 is 0 Å². The second-order valence-corrected chi connectivity index (χ2v) is 3.82. The van der Waals surface area contributed by atoms with E-state index in [1.807, 2.05) is 31.1 Å². The molecule has 0 atom stereocenters. The summed E-state index contributed by atoms with van der Waals surface area (Å²) in [7, 11) is 3.70. The standard InChI is InChI=1S/C12H15N3O/c1-15(2)9-12(16)14-8-11-5-3-10(7-13)4-6-11/h3-6H,8-9H2,1-2H3,(H,14,16). The average Bonchev–Trinajstić information content (AvgIpc) is 2.26. The molecule has 0 radical (unpaired) electrons. The lowest BCUT2D eigenvalue weighted by Gasteiger charge is -2.09. The summed E-state index contributed by atoms with van der Waals surface area (Å²) >= 11 is 0. The summed E-state index contributed by atoms with van der Waals surface area (Å²) in [6.07, 6.45) is 0. The molecule has 4 heteroatoms. The van der Waals surface area contributed by atoms with Gasteiger partial charge in [0.25, 0.3) is 0 Å². The van der Waals surface area contributed by atoms with Gasteiger partial charge in [0, 0.05) is 6.54 Å². The minimum Gasteiger partial charge on any atom is -0.351 e. The maximum atomic E-state index is 11.3. The van der Waals surface area contributed by atoms with Gasteiger partial charge < -0.3 is 10.2 Å². The van der Waals surface area contributed by atoms with Crippen molar-refractivity contribution >= 4 is 5.91 Å². The summed E-state index contributed by atoms with van der Waals surface area (Å²) in [4.78, 5) is 13.2. The molecule has 0 aromatic heterocycles. The van der Waals surface area contributed by atoms with Gasteiger partial charge in [0.05, 0.1) is 18.2 Å². The van der Waals surface area contributed by atoms with Crippen LogP contribution in [0.15, 0.2) is 24.3 Å². The predicted octanol–water partition coefficient (Wildman–Crippen LogP) is 0.736. The average molecular weight is 217 g/mol. The van der Waals surface area contributed by atoms with Gasteiger partial charge in [-0.15, -0.1) is 0 Å². The Morgan fingerprint density at radius 2 is 2.00 bits per heavy atom. The maximum absolute atomic E-state index is 11.3. The third-order valence-electron chi connectivity index (χ3n) is 2.03. The molecule has 4 nitrogen and oxygen atoms in total. The number of rotatable bonds is 4. The highest BCUT2D eigenvalue weighted by Gasteiger charge is 2.02. The fraction of sp³-hybridized carbons (Fsp3) is 0.333. The fourth-order valence-electron chi connectivity index (χ4n) is 1.24.